The largest absolute Gasteiger partial charge is 0.466 e. The van der Waals surface area contributed by atoms with E-state index in [-0.39, 0.29) is 5.91 Å². The first kappa shape index (κ1) is 15.8. The molecule has 1 aromatic heterocycles. The second-order valence-corrected chi connectivity index (χ2v) is 6.63. The molecule has 0 bridgehead atoms. The van der Waals surface area contributed by atoms with E-state index in [1.807, 2.05) is 16.6 Å². The van der Waals surface area contributed by atoms with Crippen molar-refractivity contribution in [3.8, 4) is 0 Å². The van der Waals surface area contributed by atoms with Gasteiger partial charge in [-0.3, -0.25) is 9.48 Å². The number of piperidine rings is 1. The van der Waals surface area contributed by atoms with Crippen LogP contribution in [0.5, 0.6) is 0 Å². The van der Waals surface area contributed by atoms with Crippen LogP contribution in [0.4, 0.5) is 0 Å². The minimum absolute atomic E-state index is 0.108. The molecule has 1 aliphatic carbocycles. The molecule has 0 N–H and O–H groups in total. The minimum atomic E-state index is -0.497. The van der Waals surface area contributed by atoms with E-state index >= 15 is 0 Å². The highest BCUT2D eigenvalue weighted by Gasteiger charge is 2.39. The third-order valence-electron chi connectivity index (χ3n) is 5.15. The number of hydrogen-bond donors (Lipinski definition) is 0. The number of aromatic nitrogens is 2. The summed E-state index contributed by atoms with van der Waals surface area (Å²) in [4.78, 5) is 25.0. The van der Waals surface area contributed by atoms with Crippen LogP contribution in [0.2, 0.25) is 0 Å². The zero-order valence-corrected chi connectivity index (χ0v) is 13.7. The number of esters is 1. The van der Waals surface area contributed by atoms with Crippen molar-refractivity contribution in [2.45, 2.75) is 32.1 Å². The van der Waals surface area contributed by atoms with Crippen molar-refractivity contribution in [1.29, 1.82) is 0 Å². The fourth-order valence-corrected chi connectivity index (χ4v) is 3.76. The van der Waals surface area contributed by atoms with Gasteiger partial charge in [-0.05, 0) is 43.1 Å². The Labute approximate surface area is 136 Å². The molecular weight excluding hydrogens is 294 g/mol. The van der Waals surface area contributed by atoms with Crippen molar-refractivity contribution in [1.82, 2.24) is 14.7 Å². The molecule has 1 aliphatic heterocycles. The molecule has 1 amide bonds. The van der Waals surface area contributed by atoms with Gasteiger partial charge in [0, 0.05) is 38.5 Å². The number of fused-ring (bicyclic) bond motifs is 1. The predicted molar refractivity (Wildman–Crippen MR) is 84.6 cm³/mol. The zero-order chi connectivity index (χ0) is 16.4. The average Bonchev–Trinajstić information content (AvgIpc) is 2.92. The van der Waals surface area contributed by atoms with Gasteiger partial charge in [-0.15, -0.1) is 0 Å². The Morgan fingerprint density at radius 3 is 2.70 bits per heavy atom. The average molecular weight is 317 g/mol. The Morgan fingerprint density at radius 1 is 1.26 bits per heavy atom. The Kier molecular flexibility index (Phi) is 4.24. The molecule has 0 aromatic carbocycles. The monoisotopic (exact) mass is 317 g/mol. The van der Waals surface area contributed by atoms with Crippen molar-refractivity contribution >= 4 is 11.9 Å². The molecule has 0 saturated carbocycles. The fraction of sp³-hybridized carbons (Fsp3) is 0.588. The standard InChI is InChI=1S/C17H23N3O3/c1-19-12-13-11-17(6-5-14(13)18-19)7-9-20(10-8-17)15(21)3-4-16(22)23-2/h3-4,12H,5-11H2,1-2H3/b4-3+. The van der Waals surface area contributed by atoms with Crippen molar-refractivity contribution in [2.24, 2.45) is 12.5 Å². The van der Waals surface area contributed by atoms with Crippen LogP contribution in [0.25, 0.3) is 0 Å². The number of amides is 1. The van der Waals surface area contributed by atoms with Gasteiger partial charge in [-0.25, -0.2) is 4.79 Å². The van der Waals surface area contributed by atoms with Crippen LogP contribution < -0.4 is 0 Å². The quantitative estimate of drug-likeness (QED) is 0.608. The third kappa shape index (κ3) is 3.30. The normalized spacial score (nSPS) is 19.8. The molecular formula is C17H23N3O3. The second kappa shape index (κ2) is 6.18. The number of nitrogens with zero attached hydrogens (tertiary/aromatic N) is 3. The molecule has 23 heavy (non-hydrogen) atoms. The fourth-order valence-electron chi connectivity index (χ4n) is 3.76. The van der Waals surface area contributed by atoms with Gasteiger partial charge < -0.3 is 9.64 Å². The summed E-state index contributed by atoms with van der Waals surface area (Å²) in [6.45, 7) is 1.50. The summed E-state index contributed by atoms with van der Waals surface area (Å²) < 4.78 is 6.41. The molecule has 0 atom stereocenters. The predicted octanol–water partition coefficient (Wildman–Crippen LogP) is 1.25. The van der Waals surface area contributed by atoms with Crippen LogP contribution in [0, 0.1) is 5.41 Å². The van der Waals surface area contributed by atoms with Gasteiger partial charge >= 0.3 is 5.97 Å². The molecule has 3 rings (SSSR count). The van der Waals surface area contributed by atoms with Gasteiger partial charge in [-0.2, -0.15) is 5.10 Å². The molecule has 6 heteroatoms. The van der Waals surface area contributed by atoms with Crippen molar-refractivity contribution in [3.05, 3.63) is 29.6 Å². The highest BCUT2D eigenvalue weighted by molar-refractivity contribution is 5.94. The number of rotatable bonds is 2. The van der Waals surface area contributed by atoms with Gasteiger partial charge in [0.25, 0.3) is 0 Å². The Morgan fingerprint density at radius 2 is 2.00 bits per heavy atom. The summed E-state index contributed by atoms with van der Waals surface area (Å²) in [7, 11) is 3.28. The summed E-state index contributed by atoms with van der Waals surface area (Å²) in [5.74, 6) is -0.605. The molecule has 1 fully saturated rings. The molecule has 0 unspecified atom stereocenters. The van der Waals surface area contributed by atoms with Crippen LogP contribution in [-0.2, 0) is 34.2 Å². The maximum atomic E-state index is 12.1. The summed E-state index contributed by atoms with van der Waals surface area (Å²) in [5, 5.41) is 4.52. The number of carbonyl (C=O) groups excluding carboxylic acids is 2. The number of methoxy groups -OCH3 is 1. The summed E-state index contributed by atoms with van der Waals surface area (Å²) >= 11 is 0. The van der Waals surface area contributed by atoms with Crippen LogP contribution >= 0.6 is 0 Å². The third-order valence-corrected chi connectivity index (χ3v) is 5.15. The number of ether oxygens (including phenoxy) is 1. The van der Waals surface area contributed by atoms with E-state index in [9.17, 15) is 9.59 Å². The Bertz CT molecular complexity index is 640. The van der Waals surface area contributed by atoms with Crippen LogP contribution in [0.15, 0.2) is 18.3 Å². The lowest BCUT2D eigenvalue weighted by Gasteiger charge is -2.43. The first-order chi connectivity index (χ1) is 11.0. The van der Waals surface area contributed by atoms with Gasteiger partial charge in [0.15, 0.2) is 0 Å². The zero-order valence-electron chi connectivity index (χ0n) is 13.7. The van der Waals surface area contributed by atoms with Gasteiger partial charge in [0.05, 0.1) is 12.8 Å². The topological polar surface area (TPSA) is 64.4 Å². The molecule has 6 nitrogen and oxygen atoms in total. The first-order valence-electron chi connectivity index (χ1n) is 8.08. The van der Waals surface area contributed by atoms with Crippen molar-refractivity contribution in [3.63, 3.8) is 0 Å². The molecule has 2 aliphatic rings. The SMILES string of the molecule is COC(=O)/C=C/C(=O)N1CCC2(CCc3nn(C)cc3C2)CC1. The Balaban J connectivity index is 1.59. The second-order valence-electron chi connectivity index (χ2n) is 6.63. The summed E-state index contributed by atoms with van der Waals surface area (Å²) in [6.07, 6.45) is 9.91. The lowest BCUT2D eigenvalue weighted by molar-refractivity contribution is -0.135. The smallest absolute Gasteiger partial charge is 0.330 e. The highest BCUT2D eigenvalue weighted by Crippen LogP contribution is 2.43. The van der Waals surface area contributed by atoms with Gasteiger partial charge in [-0.1, -0.05) is 0 Å². The molecule has 0 radical (unpaired) electrons. The number of likely N-dealkylation sites (tertiary alicyclic amines) is 1. The van der Waals surface area contributed by atoms with E-state index in [0.717, 1.165) is 45.2 Å². The van der Waals surface area contributed by atoms with Gasteiger partial charge in [0.1, 0.15) is 0 Å². The van der Waals surface area contributed by atoms with Crippen molar-refractivity contribution < 1.29 is 14.3 Å². The van der Waals surface area contributed by atoms with E-state index < -0.39 is 5.97 Å². The molecule has 124 valence electrons. The maximum absolute atomic E-state index is 12.1. The van der Waals surface area contributed by atoms with Crippen LogP contribution in [0.1, 0.15) is 30.5 Å². The molecule has 1 saturated heterocycles. The van der Waals surface area contributed by atoms with Crippen molar-refractivity contribution in [2.75, 3.05) is 20.2 Å². The van der Waals surface area contributed by atoms with Crippen LogP contribution in [0.3, 0.4) is 0 Å². The van der Waals surface area contributed by atoms with E-state index in [2.05, 4.69) is 16.0 Å². The molecule has 2 heterocycles. The van der Waals surface area contributed by atoms with Crippen LogP contribution in [-0.4, -0.2) is 46.8 Å². The molecule has 1 spiro atoms. The summed E-state index contributed by atoms with van der Waals surface area (Å²) in [5.41, 5.74) is 2.90. The molecule has 1 aromatic rings. The lowest BCUT2D eigenvalue weighted by Crippen LogP contribution is -2.44. The maximum Gasteiger partial charge on any atom is 0.330 e. The number of carbonyl (C=O) groups is 2. The Hall–Kier alpha value is -2.11. The van der Waals surface area contributed by atoms with E-state index in [1.165, 1.54) is 30.5 Å². The van der Waals surface area contributed by atoms with E-state index in [4.69, 9.17) is 0 Å². The number of aryl methyl sites for hydroxylation is 2. The highest BCUT2D eigenvalue weighted by atomic mass is 16.5. The van der Waals surface area contributed by atoms with E-state index in [0.29, 0.717) is 5.41 Å². The van der Waals surface area contributed by atoms with E-state index in [1.54, 1.807) is 0 Å². The minimum Gasteiger partial charge on any atom is -0.466 e. The van der Waals surface area contributed by atoms with Gasteiger partial charge in [0.2, 0.25) is 5.91 Å². The lowest BCUT2D eigenvalue weighted by atomic mass is 9.67. The summed E-state index contributed by atoms with van der Waals surface area (Å²) in [6, 6.07) is 0. The number of hydrogen-bond acceptors (Lipinski definition) is 4. The first-order valence-corrected chi connectivity index (χ1v) is 8.08.